The number of hydrogen-bond donors (Lipinski definition) is 1. The molecule has 0 radical (unpaired) electrons. The maximum Gasteiger partial charge on any atom is 0.223 e. The monoisotopic (exact) mass is 203 g/mol. The number of hydrogen-bond acceptors (Lipinski definition) is 1. The van der Waals surface area contributed by atoms with E-state index in [0.717, 1.165) is 6.42 Å². The molecule has 3 heteroatoms. The summed E-state index contributed by atoms with van der Waals surface area (Å²) < 4.78 is 11.9. The Balaban J connectivity index is 4.12. The van der Waals surface area contributed by atoms with Crippen molar-refractivity contribution >= 4 is 5.91 Å². The summed E-state index contributed by atoms with van der Waals surface area (Å²) >= 11 is 0. The van der Waals surface area contributed by atoms with E-state index in [2.05, 4.69) is 19.2 Å². The largest absolute Gasteiger partial charge is 0.353 e. The average molecular weight is 203 g/mol. The van der Waals surface area contributed by atoms with E-state index in [9.17, 15) is 9.18 Å². The van der Waals surface area contributed by atoms with Crippen LogP contribution in [0.5, 0.6) is 0 Å². The van der Waals surface area contributed by atoms with E-state index >= 15 is 0 Å². The van der Waals surface area contributed by atoms with Crippen LogP contribution in [0, 0.1) is 17.8 Å². The van der Waals surface area contributed by atoms with E-state index in [1.165, 1.54) is 0 Å². The zero-order valence-corrected chi connectivity index (χ0v) is 9.64. The van der Waals surface area contributed by atoms with Crippen LogP contribution in [0.3, 0.4) is 0 Å². The topological polar surface area (TPSA) is 29.1 Å². The molecule has 0 heterocycles. The molecule has 0 spiro atoms. The lowest BCUT2D eigenvalue weighted by molar-refractivity contribution is -0.126. The van der Waals surface area contributed by atoms with Crippen molar-refractivity contribution in [3.8, 4) is 0 Å². The zero-order valence-electron chi connectivity index (χ0n) is 9.64. The maximum absolute atomic E-state index is 11.9. The third-order valence-corrected chi connectivity index (χ3v) is 2.26. The molecule has 0 rings (SSSR count). The van der Waals surface area contributed by atoms with Crippen LogP contribution >= 0.6 is 0 Å². The molecular formula is C11H22FNO. The highest BCUT2D eigenvalue weighted by Crippen LogP contribution is 2.20. The lowest BCUT2D eigenvalue weighted by Gasteiger charge is -2.21. The quantitative estimate of drug-likeness (QED) is 0.705. The number of carbonyl (C=O) groups is 1. The summed E-state index contributed by atoms with van der Waals surface area (Å²) in [6, 6.07) is 0. The van der Waals surface area contributed by atoms with Crippen molar-refractivity contribution in [3.63, 3.8) is 0 Å². The van der Waals surface area contributed by atoms with Gasteiger partial charge in [-0.2, -0.15) is 0 Å². The van der Waals surface area contributed by atoms with E-state index in [0.29, 0.717) is 11.8 Å². The van der Waals surface area contributed by atoms with Crippen LogP contribution in [-0.2, 0) is 4.79 Å². The normalized spacial score (nSPS) is 13.4. The van der Waals surface area contributed by atoms with Crippen LogP contribution < -0.4 is 5.32 Å². The summed E-state index contributed by atoms with van der Waals surface area (Å²) in [7, 11) is 0. The number of carbonyl (C=O) groups excluding carboxylic acids is 1. The fourth-order valence-electron chi connectivity index (χ4n) is 1.49. The summed E-state index contributed by atoms with van der Waals surface area (Å²) in [4.78, 5) is 11.6. The molecular weight excluding hydrogens is 181 g/mol. The highest BCUT2D eigenvalue weighted by atomic mass is 19.1. The van der Waals surface area contributed by atoms with E-state index in [1.807, 2.05) is 13.8 Å². The predicted molar refractivity (Wildman–Crippen MR) is 56.8 cm³/mol. The second-order valence-electron chi connectivity index (χ2n) is 4.46. The molecule has 1 unspecified atom stereocenters. The molecule has 84 valence electrons. The van der Waals surface area contributed by atoms with Gasteiger partial charge in [0.25, 0.3) is 0 Å². The second-order valence-corrected chi connectivity index (χ2v) is 4.46. The Morgan fingerprint density at radius 2 is 1.86 bits per heavy atom. The average Bonchev–Trinajstić information content (AvgIpc) is 2.09. The molecule has 2 nitrogen and oxygen atoms in total. The number of alkyl halides is 1. The van der Waals surface area contributed by atoms with Gasteiger partial charge in [0, 0.05) is 12.5 Å². The lowest BCUT2D eigenvalue weighted by Crippen LogP contribution is -2.35. The van der Waals surface area contributed by atoms with Crippen molar-refractivity contribution in [2.24, 2.45) is 17.8 Å². The zero-order chi connectivity index (χ0) is 11.1. The van der Waals surface area contributed by atoms with Crippen LogP contribution in [0.2, 0.25) is 0 Å². The van der Waals surface area contributed by atoms with Crippen LogP contribution in [0.4, 0.5) is 4.39 Å². The standard InChI is InChI=1S/C11H22FNO/c1-8(2)7-10(9(3)4)11(14)13-6-5-12/h8-10H,5-7H2,1-4H3,(H,13,14). The van der Waals surface area contributed by atoms with Gasteiger partial charge in [-0.15, -0.1) is 0 Å². The molecule has 0 aromatic heterocycles. The highest BCUT2D eigenvalue weighted by molar-refractivity contribution is 5.78. The molecule has 14 heavy (non-hydrogen) atoms. The Hall–Kier alpha value is -0.600. The van der Waals surface area contributed by atoms with Crippen molar-refractivity contribution in [2.45, 2.75) is 34.1 Å². The first-order valence-corrected chi connectivity index (χ1v) is 5.32. The van der Waals surface area contributed by atoms with Crippen LogP contribution in [0.15, 0.2) is 0 Å². The van der Waals surface area contributed by atoms with Crippen molar-refractivity contribution in [1.29, 1.82) is 0 Å². The summed E-state index contributed by atoms with van der Waals surface area (Å²) in [6.45, 7) is 7.90. The van der Waals surface area contributed by atoms with E-state index in [-0.39, 0.29) is 18.4 Å². The minimum atomic E-state index is -0.488. The van der Waals surface area contributed by atoms with Crippen molar-refractivity contribution in [1.82, 2.24) is 5.32 Å². The number of amides is 1. The molecule has 0 aromatic rings. The highest BCUT2D eigenvalue weighted by Gasteiger charge is 2.22. The fraction of sp³-hybridized carbons (Fsp3) is 0.909. The molecule has 0 bridgehead atoms. The third-order valence-electron chi connectivity index (χ3n) is 2.26. The summed E-state index contributed by atoms with van der Waals surface area (Å²) in [6.07, 6.45) is 0.871. The molecule has 1 amide bonds. The number of rotatable bonds is 6. The van der Waals surface area contributed by atoms with E-state index in [1.54, 1.807) is 0 Å². The smallest absolute Gasteiger partial charge is 0.223 e. The van der Waals surface area contributed by atoms with Gasteiger partial charge in [-0.25, -0.2) is 4.39 Å². The van der Waals surface area contributed by atoms with Crippen molar-refractivity contribution < 1.29 is 9.18 Å². The van der Waals surface area contributed by atoms with Crippen LogP contribution in [0.25, 0.3) is 0 Å². The first-order chi connectivity index (χ1) is 6.49. The van der Waals surface area contributed by atoms with Gasteiger partial charge in [-0.05, 0) is 18.3 Å². The molecule has 0 aliphatic rings. The minimum absolute atomic E-state index is 0.00801. The van der Waals surface area contributed by atoms with Gasteiger partial charge < -0.3 is 5.32 Å². The SMILES string of the molecule is CC(C)CC(C(=O)NCCF)C(C)C. The minimum Gasteiger partial charge on any atom is -0.353 e. The molecule has 0 aromatic carbocycles. The Labute approximate surface area is 86.3 Å². The number of nitrogens with one attached hydrogen (secondary N) is 1. The second kappa shape index (κ2) is 6.80. The van der Waals surface area contributed by atoms with E-state index < -0.39 is 6.67 Å². The van der Waals surface area contributed by atoms with Gasteiger partial charge in [0.05, 0.1) is 0 Å². The first-order valence-electron chi connectivity index (χ1n) is 5.32. The van der Waals surface area contributed by atoms with Crippen LogP contribution in [-0.4, -0.2) is 19.1 Å². The predicted octanol–water partition coefficient (Wildman–Crippen LogP) is 2.39. The molecule has 1 N–H and O–H groups in total. The van der Waals surface area contributed by atoms with Crippen molar-refractivity contribution in [2.75, 3.05) is 13.2 Å². The van der Waals surface area contributed by atoms with Gasteiger partial charge >= 0.3 is 0 Å². The summed E-state index contributed by atoms with van der Waals surface area (Å²) in [5, 5.41) is 2.61. The Bertz CT molecular complexity index is 169. The van der Waals surface area contributed by atoms with E-state index in [4.69, 9.17) is 0 Å². The summed E-state index contributed by atoms with van der Waals surface area (Å²) in [5.74, 6) is 0.823. The fourth-order valence-corrected chi connectivity index (χ4v) is 1.49. The summed E-state index contributed by atoms with van der Waals surface area (Å²) in [5.41, 5.74) is 0. The molecule has 0 saturated heterocycles. The molecule has 0 saturated carbocycles. The van der Waals surface area contributed by atoms with Gasteiger partial charge in [0.15, 0.2) is 0 Å². The molecule has 0 aliphatic heterocycles. The maximum atomic E-state index is 11.9. The van der Waals surface area contributed by atoms with Crippen molar-refractivity contribution in [3.05, 3.63) is 0 Å². The van der Waals surface area contributed by atoms with Gasteiger partial charge in [-0.3, -0.25) is 4.79 Å². The van der Waals surface area contributed by atoms with Gasteiger partial charge in [0.2, 0.25) is 5.91 Å². The lowest BCUT2D eigenvalue weighted by atomic mass is 9.87. The molecule has 0 fully saturated rings. The van der Waals surface area contributed by atoms with Gasteiger partial charge in [-0.1, -0.05) is 27.7 Å². The van der Waals surface area contributed by atoms with Gasteiger partial charge in [0.1, 0.15) is 6.67 Å². The number of halogens is 1. The third kappa shape index (κ3) is 5.20. The Kier molecular flexibility index (Phi) is 6.50. The Morgan fingerprint density at radius 3 is 2.21 bits per heavy atom. The molecule has 1 atom stereocenters. The first kappa shape index (κ1) is 13.4. The van der Waals surface area contributed by atoms with Crippen LogP contribution in [0.1, 0.15) is 34.1 Å². The Morgan fingerprint density at radius 1 is 1.29 bits per heavy atom. The molecule has 0 aliphatic carbocycles.